The molecule has 0 amide bonds. The quantitative estimate of drug-likeness (QED) is 0.628. The summed E-state index contributed by atoms with van der Waals surface area (Å²) in [5.41, 5.74) is 1.26. The fraction of sp³-hybridized carbons (Fsp3) is 0.200. The molecule has 1 rings (SSSR count). The van der Waals surface area contributed by atoms with Gasteiger partial charge >= 0.3 is 102 Å². The Bertz CT molecular complexity index is 387. The summed E-state index contributed by atoms with van der Waals surface area (Å²) in [4.78, 5) is 11.5. The van der Waals surface area contributed by atoms with Crippen molar-refractivity contribution in [2.45, 2.75) is 6.92 Å². The molecule has 0 saturated heterocycles. The molecule has 84 valence electrons. The third-order valence-electron chi connectivity index (χ3n) is 1.64. The summed E-state index contributed by atoms with van der Waals surface area (Å²) in [6.07, 6.45) is 0. The first-order valence-electron chi connectivity index (χ1n) is 4.24. The van der Waals surface area contributed by atoms with Crippen LogP contribution in [0.3, 0.4) is 0 Å². The van der Waals surface area contributed by atoms with E-state index < -0.39 is 13.5 Å². The monoisotopic (exact) mass is 334 g/mol. The number of carbonyl (C=O) groups excluding carboxylic acids is 1. The molecule has 0 bridgehead atoms. The zero-order valence-corrected chi connectivity index (χ0v) is 11.3. The Morgan fingerprint density at radius 3 is 2.73 bits per heavy atom. The van der Waals surface area contributed by atoms with Crippen LogP contribution in [0.2, 0.25) is 0 Å². The zero-order chi connectivity index (χ0) is 11.3. The van der Waals surface area contributed by atoms with Gasteiger partial charge in [0.15, 0.2) is 0 Å². The Kier molecular flexibility index (Phi) is 5.45. The fourth-order valence-electron chi connectivity index (χ4n) is 1.06. The summed E-state index contributed by atoms with van der Waals surface area (Å²) < 4.78 is 6.66. The van der Waals surface area contributed by atoms with Gasteiger partial charge in [-0.2, -0.15) is 0 Å². The van der Waals surface area contributed by atoms with Crippen LogP contribution in [0.1, 0.15) is 22.8 Å². The average molecular weight is 334 g/mol. The van der Waals surface area contributed by atoms with Gasteiger partial charge in [-0.15, -0.1) is 0 Å². The molecule has 0 aliphatic heterocycles. The normalized spacial score (nSPS) is 10.7. The number of halogens is 2. The van der Waals surface area contributed by atoms with Gasteiger partial charge in [0.05, 0.1) is 0 Å². The van der Waals surface area contributed by atoms with E-state index in [0.29, 0.717) is 12.2 Å². The van der Waals surface area contributed by atoms with Gasteiger partial charge in [-0.25, -0.2) is 0 Å². The summed E-state index contributed by atoms with van der Waals surface area (Å²) in [7, 11) is 11.5. The number of esters is 1. The molecule has 15 heavy (non-hydrogen) atoms. The first-order valence-corrected chi connectivity index (χ1v) is 9.72. The average Bonchev–Trinajstić information content (AvgIpc) is 2.18. The second-order valence-electron chi connectivity index (χ2n) is 2.61. The molecule has 0 atom stereocenters. The Morgan fingerprint density at radius 2 is 2.13 bits per heavy atom. The molecule has 0 heterocycles. The molecule has 0 saturated carbocycles. The van der Waals surface area contributed by atoms with Gasteiger partial charge in [0.2, 0.25) is 0 Å². The number of rotatable bonds is 3. The molecule has 0 aliphatic rings. The minimum absolute atomic E-state index is 0.340. The van der Waals surface area contributed by atoms with Crippen molar-refractivity contribution in [2.24, 2.45) is 0 Å². The number of carbonyl (C=O) groups is 1. The third kappa shape index (κ3) is 4.02. The van der Waals surface area contributed by atoms with Crippen LogP contribution in [-0.2, 0) is 18.3 Å². The van der Waals surface area contributed by atoms with Crippen molar-refractivity contribution in [1.29, 1.82) is 0 Å². The topological polar surface area (TPSA) is 26.3 Å². The van der Waals surface area contributed by atoms with E-state index >= 15 is 0 Å². The van der Waals surface area contributed by atoms with Crippen molar-refractivity contribution in [3.63, 3.8) is 0 Å². The summed E-state index contributed by atoms with van der Waals surface area (Å²) in [5.74, 6) is -0.340. The molecule has 0 fully saturated rings. The van der Waals surface area contributed by atoms with Gasteiger partial charge < -0.3 is 0 Å². The van der Waals surface area contributed by atoms with E-state index in [2.05, 4.69) is 0 Å². The van der Waals surface area contributed by atoms with Crippen molar-refractivity contribution in [3.8, 4) is 0 Å². The van der Waals surface area contributed by atoms with Crippen LogP contribution >= 0.6 is 19.4 Å². The number of hydrogen-bond donors (Lipinski definition) is 0. The fourth-order valence-corrected chi connectivity index (χ4v) is 2.89. The molecule has 0 spiro atoms. The molecule has 0 radical (unpaired) electrons. The van der Waals surface area contributed by atoms with Crippen molar-refractivity contribution >= 4 is 30.0 Å². The van der Waals surface area contributed by atoms with Crippen LogP contribution in [0.25, 0.3) is 0 Å². The molecule has 0 N–H and O–H groups in total. The maximum atomic E-state index is 11.5. The van der Waals surface area contributed by atoms with E-state index in [9.17, 15) is 4.79 Å². The van der Waals surface area contributed by atoms with Gasteiger partial charge in [0.25, 0.3) is 0 Å². The van der Waals surface area contributed by atoms with Crippen molar-refractivity contribution in [2.75, 3.05) is 6.61 Å². The summed E-state index contributed by atoms with van der Waals surface area (Å²) in [6, 6.07) is 7.12. The summed E-state index contributed by atoms with van der Waals surface area (Å²) >= 11 is -1.91. The SMILES string of the molecule is CCOC(=O)c1ccccc1[CH]=[Ru]([Cl])[Cl]. The van der Waals surface area contributed by atoms with Gasteiger partial charge in [0.1, 0.15) is 0 Å². The predicted octanol–water partition coefficient (Wildman–Crippen LogP) is 2.94. The number of benzene rings is 1. The van der Waals surface area contributed by atoms with Crippen molar-refractivity contribution in [3.05, 3.63) is 35.4 Å². The summed E-state index contributed by atoms with van der Waals surface area (Å²) in [5, 5.41) is 0. The Labute approximate surface area is 102 Å². The van der Waals surface area contributed by atoms with E-state index in [1.54, 1.807) is 29.7 Å². The molecule has 0 unspecified atom stereocenters. The Morgan fingerprint density at radius 1 is 1.47 bits per heavy atom. The number of hydrogen-bond acceptors (Lipinski definition) is 2. The first kappa shape index (κ1) is 12.8. The van der Waals surface area contributed by atoms with Crippen molar-refractivity contribution in [1.82, 2.24) is 0 Å². The molecule has 5 heteroatoms. The molecular formula is C10H10Cl2O2Ru. The maximum absolute atomic E-state index is 11.5. The van der Waals surface area contributed by atoms with Crippen LogP contribution < -0.4 is 0 Å². The minimum atomic E-state index is -1.91. The van der Waals surface area contributed by atoms with Gasteiger partial charge in [-0.05, 0) is 0 Å². The van der Waals surface area contributed by atoms with Crippen LogP contribution in [0.15, 0.2) is 24.3 Å². The zero-order valence-electron chi connectivity index (χ0n) is 8.02. The van der Waals surface area contributed by atoms with E-state index in [1.807, 2.05) is 6.07 Å². The third-order valence-corrected chi connectivity index (χ3v) is 3.48. The molecule has 1 aromatic carbocycles. The van der Waals surface area contributed by atoms with Gasteiger partial charge in [-0.1, -0.05) is 0 Å². The molecule has 2 nitrogen and oxygen atoms in total. The number of ether oxygens (including phenoxy) is 1. The van der Waals surface area contributed by atoms with E-state index in [1.165, 1.54) is 0 Å². The Balaban J connectivity index is 3.06. The summed E-state index contributed by atoms with van der Waals surface area (Å²) in [6.45, 7) is 2.13. The standard InChI is InChI=1S/C10H10O2.2ClH.Ru/c1-3-12-10(11)9-7-5-4-6-8(9)2;;;/h2,4-7H,3H2,1H3;2*1H;/q;;;+2/p-2. The predicted molar refractivity (Wildman–Crippen MR) is 59.3 cm³/mol. The van der Waals surface area contributed by atoms with Crippen LogP contribution in [0.4, 0.5) is 0 Å². The van der Waals surface area contributed by atoms with Crippen LogP contribution in [0.5, 0.6) is 0 Å². The van der Waals surface area contributed by atoms with Crippen LogP contribution in [0, 0.1) is 0 Å². The van der Waals surface area contributed by atoms with E-state index in [4.69, 9.17) is 24.1 Å². The van der Waals surface area contributed by atoms with Gasteiger partial charge in [0, 0.05) is 0 Å². The molecule has 1 aromatic rings. The van der Waals surface area contributed by atoms with Crippen LogP contribution in [-0.4, -0.2) is 17.2 Å². The first-order chi connectivity index (χ1) is 7.15. The molecular weight excluding hydrogens is 324 g/mol. The van der Waals surface area contributed by atoms with Gasteiger partial charge in [-0.3, -0.25) is 0 Å². The second-order valence-corrected chi connectivity index (χ2v) is 8.34. The molecule has 0 aliphatic carbocycles. The van der Waals surface area contributed by atoms with E-state index in [-0.39, 0.29) is 5.97 Å². The van der Waals surface area contributed by atoms with E-state index in [0.717, 1.165) is 5.56 Å². The second kappa shape index (κ2) is 6.37. The molecule has 0 aromatic heterocycles. The Hall–Kier alpha value is -0.237. The van der Waals surface area contributed by atoms with Crippen molar-refractivity contribution < 1.29 is 23.0 Å².